The number of nitriles is 1. The molecular weight excluding hydrogens is 379 g/mol. The average Bonchev–Trinajstić information content (AvgIpc) is 3.31. The topological polar surface area (TPSA) is 110 Å². The maximum Gasteiger partial charge on any atom is 0.471 e. The smallest absolute Gasteiger partial charge is 0.461 e. The molecule has 0 saturated carbocycles. The summed E-state index contributed by atoms with van der Waals surface area (Å²) in [5, 5.41) is 12.5. The number of benzene rings is 1. The van der Waals surface area contributed by atoms with Gasteiger partial charge in [-0.3, -0.25) is 9.59 Å². The van der Waals surface area contributed by atoms with Gasteiger partial charge < -0.3 is 8.94 Å². The largest absolute Gasteiger partial charge is 0.471 e. The highest BCUT2D eigenvalue weighted by molar-refractivity contribution is 6.17. The van der Waals surface area contributed by atoms with Crippen LogP contribution in [0.5, 0.6) is 0 Å². The molecule has 0 N–H and O–H groups in total. The summed E-state index contributed by atoms with van der Waals surface area (Å²) in [6, 6.07) is 8.28. The zero-order valence-electron chi connectivity index (χ0n) is 14.1. The molecule has 0 aliphatic heterocycles. The van der Waals surface area contributed by atoms with Crippen molar-refractivity contribution in [3.63, 3.8) is 0 Å². The van der Waals surface area contributed by atoms with Crippen molar-refractivity contribution >= 4 is 11.6 Å². The van der Waals surface area contributed by atoms with E-state index in [1.165, 1.54) is 36.6 Å². The molecule has 2 aromatic heterocycles. The van der Waals surface area contributed by atoms with Crippen LogP contribution in [-0.2, 0) is 6.18 Å². The first-order chi connectivity index (χ1) is 13.2. The third kappa shape index (κ3) is 3.55. The molecule has 0 radical (unpaired) electrons. The van der Waals surface area contributed by atoms with Gasteiger partial charge in [0.1, 0.15) is 0 Å². The van der Waals surface area contributed by atoms with Crippen LogP contribution in [-0.4, -0.2) is 21.7 Å². The zero-order valence-corrected chi connectivity index (χ0v) is 14.1. The van der Waals surface area contributed by atoms with Crippen molar-refractivity contribution in [2.24, 2.45) is 5.92 Å². The fourth-order valence-corrected chi connectivity index (χ4v) is 2.40. The Kier molecular flexibility index (Phi) is 4.83. The Morgan fingerprint density at radius 3 is 2.32 bits per heavy atom. The van der Waals surface area contributed by atoms with Crippen molar-refractivity contribution in [2.45, 2.75) is 13.1 Å². The number of Topliss-reactive ketones (excluding diaryl/α,β-unsaturated/α-hetero) is 2. The molecule has 3 aromatic rings. The Morgan fingerprint density at radius 2 is 1.82 bits per heavy atom. The lowest BCUT2D eigenvalue weighted by atomic mass is 9.92. The predicted molar refractivity (Wildman–Crippen MR) is 85.9 cm³/mol. The summed E-state index contributed by atoms with van der Waals surface area (Å²) in [6.07, 6.45) is -3.50. The van der Waals surface area contributed by atoms with E-state index in [1.54, 1.807) is 13.0 Å². The molecule has 0 saturated heterocycles. The summed E-state index contributed by atoms with van der Waals surface area (Å²) in [7, 11) is 0. The molecule has 1 aromatic carbocycles. The number of halogens is 3. The number of carbonyl (C=O) groups excluding carboxylic acids is 2. The van der Waals surface area contributed by atoms with Gasteiger partial charge in [0.25, 0.3) is 0 Å². The third-order valence-corrected chi connectivity index (χ3v) is 3.84. The molecule has 0 amide bonds. The molecular formula is C18H10F3N3O4. The van der Waals surface area contributed by atoms with Gasteiger partial charge in [0.05, 0.1) is 12.3 Å². The van der Waals surface area contributed by atoms with E-state index in [2.05, 4.69) is 14.7 Å². The minimum absolute atomic E-state index is 0.0207. The summed E-state index contributed by atoms with van der Waals surface area (Å²) in [5.74, 6) is -5.04. The monoisotopic (exact) mass is 389 g/mol. The number of rotatable bonds is 5. The number of furan rings is 1. The molecule has 3 rings (SSSR count). The summed E-state index contributed by atoms with van der Waals surface area (Å²) >= 11 is 0. The van der Waals surface area contributed by atoms with Crippen molar-refractivity contribution < 1.29 is 31.7 Å². The minimum Gasteiger partial charge on any atom is -0.461 e. The number of carbonyl (C=O) groups is 2. The van der Waals surface area contributed by atoms with Crippen LogP contribution in [0, 0.1) is 24.2 Å². The second-order valence-corrected chi connectivity index (χ2v) is 5.72. The number of aromatic nitrogens is 2. The first-order valence-corrected chi connectivity index (χ1v) is 7.76. The van der Waals surface area contributed by atoms with Gasteiger partial charge in [-0.2, -0.15) is 23.4 Å². The van der Waals surface area contributed by atoms with Gasteiger partial charge in [-0.15, -0.1) is 0 Å². The molecule has 10 heteroatoms. The van der Waals surface area contributed by atoms with Crippen LogP contribution < -0.4 is 0 Å². The second-order valence-electron chi connectivity index (χ2n) is 5.72. The summed E-state index contributed by atoms with van der Waals surface area (Å²) in [6.45, 7) is 1.60. The zero-order chi connectivity index (χ0) is 20.5. The van der Waals surface area contributed by atoms with Gasteiger partial charge >= 0.3 is 12.1 Å². The third-order valence-electron chi connectivity index (χ3n) is 3.84. The van der Waals surface area contributed by atoms with E-state index in [0.717, 1.165) is 0 Å². The molecule has 0 spiro atoms. The Morgan fingerprint density at radius 1 is 1.14 bits per heavy atom. The van der Waals surface area contributed by atoms with Crippen LogP contribution in [0.15, 0.2) is 45.5 Å². The number of nitrogens with zero attached hydrogens (tertiary/aromatic N) is 3. The summed E-state index contributed by atoms with van der Waals surface area (Å²) in [4.78, 5) is 28.1. The van der Waals surface area contributed by atoms with Gasteiger partial charge in [0.2, 0.25) is 11.6 Å². The van der Waals surface area contributed by atoms with Crippen LogP contribution in [0.3, 0.4) is 0 Å². The molecule has 1 atom stereocenters. The van der Waals surface area contributed by atoms with Crippen molar-refractivity contribution in [3.8, 4) is 17.5 Å². The van der Waals surface area contributed by atoms with Crippen molar-refractivity contribution in [3.05, 3.63) is 59.4 Å². The quantitative estimate of drug-likeness (QED) is 0.481. The van der Waals surface area contributed by atoms with Gasteiger partial charge in [0.15, 0.2) is 17.5 Å². The lowest BCUT2D eigenvalue weighted by molar-refractivity contribution is -0.159. The molecule has 0 aliphatic carbocycles. The van der Waals surface area contributed by atoms with Crippen molar-refractivity contribution in [1.29, 1.82) is 5.26 Å². The number of aryl methyl sites for hydroxylation is 1. The first-order valence-electron chi connectivity index (χ1n) is 7.76. The standard InChI is InChI=1S/C18H10F3N3O4/c1-9-6-7-27-15(9)14(26)12(8-22)13(25)10-2-4-11(5-3-10)16-23-17(28-24-16)18(19,20)21/h2-7,12H,1H3. The van der Waals surface area contributed by atoms with E-state index in [4.69, 9.17) is 4.42 Å². The molecule has 0 fully saturated rings. The lowest BCUT2D eigenvalue weighted by Crippen LogP contribution is -2.23. The summed E-state index contributed by atoms with van der Waals surface area (Å²) in [5.41, 5.74) is 0.677. The molecule has 2 heterocycles. The van der Waals surface area contributed by atoms with Gasteiger partial charge in [-0.1, -0.05) is 29.4 Å². The maximum atomic E-state index is 12.5. The Bertz CT molecular complexity index is 1070. The van der Waals surface area contributed by atoms with Gasteiger partial charge in [-0.25, -0.2) is 0 Å². The highest BCUT2D eigenvalue weighted by Crippen LogP contribution is 2.29. The van der Waals surface area contributed by atoms with E-state index in [-0.39, 0.29) is 22.7 Å². The Hall–Kier alpha value is -3.74. The van der Waals surface area contributed by atoms with Crippen LogP contribution in [0.2, 0.25) is 0 Å². The number of ketones is 2. The molecule has 7 nitrogen and oxygen atoms in total. The van der Waals surface area contributed by atoms with E-state index >= 15 is 0 Å². The van der Waals surface area contributed by atoms with Crippen LogP contribution in [0.4, 0.5) is 13.2 Å². The second kappa shape index (κ2) is 7.11. The summed E-state index contributed by atoms with van der Waals surface area (Å²) < 4.78 is 46.8. The molecule has 0 aliphatic rings. The van der Waals surface area contributed by atoms with Crippen molar-refractivity contribution in [2.75, 3.05) is 0 Å². The van der Waals surface area contributed by atoms with Crippen molar-refractivity contribution in [1.82, 2.24) is 10.1 Å². The first kappa shape index (κ1) is 19.0. The lowest BCUT2D eigenvalue weighted by Gasteiger charge is -2.07. The number of hydrogen-bond acceptors (Lipinski definition) is 7. The van der Waals surface area contributed by atoms with Crippen LogP contribution >= 0.6 is 0 Å². The van der Waals surface area contributed by atoms with E-state index in [9.17, 15) is 28.0 Å². The highest BCUT2D eigenvalue weighted by atomic mass is 19.4. The molecule has 0 bridgehead atoms. The SMILES string of the molecule is Cc1ccoc1C(=O)C(C#N)C(=O)c1ccc(-c2noc(C(F)(F)F)n2)cc1. The predicted octanol–water partition coefficient (Wildman–Crippen LogP) is 3.86. The average molecular weight is 389 g/mol. The van der Waals surface area contributed by atoms with E-state index < -0.39 is 29.6 Å². The van der Waals surface area contributed by atoms with Crippen LogP contribution in [0.1, 0.15) is 32.4 Å². The van der Waals surface area contributed by atoms with E-state index in [0.29, 0.717) is 5.56 Å². The highest BCUT2D eigenvalue weighted by Gasteiger charge is 2.38. The number of hydrogen-bond donors (Lipinski definition) is 0. The van der Waals surface area contributed by atoms with Crippen LogP contribution in [0.25, 0.3) is 11.4 Å². The Balaban J connectivity index is 1.83. The minimum atomic E-state index is -4.77. The Labute approximate surface area is 155 Å². The fraction of sp³-hybridized carbons (Fsp3) is 0.167. The molecule has 1 unspecified atom stereocenters. The van der Waals surface area contributed by atoms with Gasteiger partial charge in [0, 0.05) is 11.1 Å². The normalized spacial score (nSPS) is 12.4. The van der Waals surface area contributed by atoms with Gasteiger partial charge in [-0.05, 0) is 18.6 Å². The maximum absolute atomic E-state index is 12.5. The van der Waals surface area contributed by atoms with E-state index in [1.807, 2.05) is 0 Å². The fourth-order valence-electron chi connectivity index (χ4n) is 2.40. The molecule has 142 valence electrons. The molecule has 28 heavy (non-hydrogen) atoms. The number of alkyl halides is 3.